The van der Waals surface area contributed by atoms with Crippen LogP contribution in [0.4, 0.5) is 4.79 Å². The van der Waals surface area contributed by atoms with Crippen LogP contribution >= 0.6 is 0 Å². The van der Waals surface area contributed by atoms with E-state index in [0.717, 1.165) is 31.2 Å². The average molecular weight is 333 g/mol. The van der Waals surface area contributed by atoms with E-state index in [1.807, 2.05) is 19.1 Å². The summed E-state index contributed by atoms with van der Waals surface area (Å²) in [7, 11) is 0. The van der Waals surface area contributed by atoms with Crippen molar-refractivity contribution in [2.45, 2.75) is 70.5 Å². The number of carboxylic acids is 1. The largest absolute Gasteiger partial charge is 0.480 e. The van der Waals surface area contributed by atoms with Gasteiger partial charge in [-0.1, -0.05) is 32.6 Å². The number of amides is 2. The van der Waals surface area contributed by atoms with Crippen molar-refractivity contribution in [3.05, 3.63) is 30.1 Å². The van der Waals surface area contributed by atoms with Crippen LogP contribution in [0.3, 0.4) is 0 Å². The minimum absolute atomic E-state index is 0.169. The molecule has 0 radical (unpaired) electrons. The highest BCUT2D eigenvalue weighted by atomic mass is 16.4. The second kappa shape index (κ2) is 9.25. The highest BCUT2D eigenvalue weighted by Crippen LogP contribution is 2.24. The Labute approximate surface area is 143 Å². The predicted octanol–water partition coefficient (Wildman–Crippen LogP) is 3.18. The van der Waals surface area contributed by atoms with Crippen LogP contribution in [-0.4, -0.2) is 39.1 Å². The molecule has 1 aromatic rings. The minimum Gasteiger partial charge on any atom is -0.480 e. The lowest BCUT2D eigenvalue weighted by molar-refractivity contribution is -0.139. The van der Waals surface area contributed by atoms with E-state index in [2.05, 4.69) is 10.3 Å². The Morgan fingerprint density at radius 1 is 1.29 bits per heavy atom. The molecule has 0 spiro atoms. The molecule has 1 atom stereocenters. The number of rotatable bonds is 7. The van der Waals surface area contributed by atoms with Crippen molar-refractivity contribution in [3.8, 4) is 0 Å². The van der Waals surface area contributed by atoms with E-state index in [0.29, 0.717) is 19.4 Å². The fraction of sp³-hybridized carbons (Fsp3) is 0.611. The molecule has 2 rings (SSSR count). The van der Waals surface area contributed by atoms with Crippen molar-refractivity contribution in [1.82, 2.24) is 15.2 Å². The second-order valence-electron chi connectivity index (χ2n) is 6.40. The van der Waals surface area contributed by atoms with E-state index >= 15 is 0 Å². The highest BCUT2D eigenvalue weighted by molar-refractivity contribution is 5.82. The summed E-state index contributed by atoms with van der Waals surface area (Å²) in [5.74, 6) is -0.974. The highest BCUT2D eigenvalue weighted by Gasteiger charge is 2.28. The van der Waals surface area contributed by atoms with Crippen LogP contribution in [-0.2, 0) is 11.3 Å². The van der Waals surface area contributed by atoms with Crippen LogP contribution in [0.1, 0.15) is 57.4 Å². The zero-order valence-electron chi connectivity index (χ0n) is 14.3. The van der Waals surface area contributed by atoms with Gasteiger partial charge in [0.05, 0.1) is 0 Å². The first-order chi connectivity index (χ1) is 11.6. The summed E-state index contributed by atoms with van der Waals surface area (Å²) in [6.45, 7) is 2.40. The molecule has 2 N–H and O–H groups in total. The molecule has 132 valence electrons. The summed E-state index contributed by atoms with van der Waals surface area (Å²) >= 11 is 0. The van der Waals surface area contributed by atoms with E-state index < -0.39 is 12.0 Å². The maximum absolute atomic E-state index is 12.8. The van der Waals surface area contributed by atoms with Crippen molar-refractivity contribution in [1.29, 1.82) is 0 Å². The van der Waals surface area contributed by atoms with Crippen molar-refractivity contribution in [2.75, 3.05) is 0 Å². The number of hydrogen-bond donors (Lipinski definition) is 2. The van der Waals surface area contributed by atoms with Gasteiger partial charge in [0.1, 0.15) is 6.04 Å². The van der Waals surface area contributed by atoms with Crippen LogP contribution in [0.5, 0.6) is 0 Å². The normalized spacial score (nSPS) is 16.4. The van der Waals surface area contributed by atoms with Gasteiger partial charge in [0, 0.05) is 25.0 Å². The Balaban J connectivity index is 2.11. The van der Waals surface area contributed by atoms with Gasteiger partial charge in [0.15, 0.2) is 0 Å². The SMILES string of the molecule is CCC[C@@H](NC(=O)N(Cc1ccncc1)C1CCCCC1)C(=O)O. The van der Waals surface area contributed by atoms with Crippen LogP contribution in [0.2, 0.25) is 0 Å². The van der Waals surface area contributed by atoms with Crippen LogP contribution < -0.4 is 5.32 Å². The second-order valence-corrected chi connectivity index (χ2v) is 6.40. The van der Waals surface area contributed by atoms with Gasteiger partial charge in [-0.15, -0.1) is 0 Å². The van der Waals surface area contributed by atoms with Gasteiger partial charge in [-0.25, -0.2) is 9.59 Å². The molecule has 6 heteroatoms. The number of nitrogens with one attached hydrogen (secondary N) is 1. The Bertz CT molecular complexity index is 530. The Kier molecular flexibility index (Phi) is 7.03. The number of carboxylic acid groups (broad SMARTS) is 1. The van der Waals surface area contributed by atoms with Crippen molar-refractivity contribution < 1.29 is 14.7 Å². The Morgan fingerprint density at radius 2 is 1.96 bits per heavy atom. The number of nitrogens with zero attached hydrogens (tertiary/aromatic N) is 2. The molecule has 1 aromatic heterocycles. The molecule has 6 nitrogen and oxygen atoms in total. The zero-order chi connectivity index (χ0) is 17.4. The summed E-state index contributed by atoms with van der Waals surface area (Å²) < 4.78 is 0. The number of aromatic nitrogens is 1. The lowest BCUT2D eigenvalue weighted by atomic mass is 9.94. The number of carbonyl (C=O) groups excluding carboxylic acids is 1. The molecule has 2 amide bonds. The Hall–Kier alpha value is -2.11. The van der Waals surface area contributed by atoms with Gasteiger partial charge in [0.25, 0.3) is 0 Å². The number of urea groups is 1. The number of carbonyl (C=O) groups is 2. The number of aliphatic carboxylic acids is 1. The van der Waals surface area contributed by atoms with Gasteiger partial charge in [0.2, 0.25) is 0 Å². The van der Waals surface area contributed by atoms with E-state index in [1.54, 1.807) is 17.3 Å². The molecule has 0 saturated heterocycles. The third-order valence-electron chi connectivity index (χ3n) is 4.55. The van der Waals surface area contributed by atoms with Crippen molar-refractivity contribution >= 4 is 12.0 Å². The van der Waals surface area contributed by atoms with E-state index in [9.17, 15) is 14.7 Å². The molecule has 0 aromatic carbocycles. The minimum atomic E-state index is -0.974. The molecular formula is C18H27N3O3. The summed E-state index contributed by atoms with van der Waals surface area (Å²) in [5.41, 5.74) is 1.01. The molecule has 1 aliphatic carbocycles. The molecule has 0 aliphatic heterocycles. The fourth-order valence-electron chi connectivity index (χ4n) is 3.22. The van der Waals surface area contributed by atoms with Gasteiger partial charge in [-0.05, 0) is 37.0 Å². The van der Waals surface area contributed by atoms with Gasteiger partial charge >= 0.3 is 12.0 Å². The monoisotopic (exact) mass is 333 g/mol. The maximum atomic E-state index is 12.8. The summed E-state index contributed by atoms with van der Waals surface area (Å²) in [4.78, 5) is 29.9. The van der Waals surface area contributed by atoms with E-state index in [4.69, 9.17) is 0 Å². The maximum Gasteiger partial charge on any atom is 0.326 e. The first-order valence-electron chi connectivity index (χ1n) is 8.80. The number of pyridine rings is 1. The molecule has 0 unspecified atom stereocenters. The lowest BCUT2D eigenvalue weighted by Crippen LogP contribution is -2.51. The van der Waals surface area contributed by atoms with Gasteiger partial charge in [-0.3, -0.25) is 4.98 Å². The van der Waals surface area contributed by atoms with E-state index in [-0.39, 0.29) is 12.1 Å². The number of hydrogen-bond acceptors (Lipinski definition) is 3. The summed E-state index contributed by atoms with van der Waals surface area (Å²) in [6.07, 6.45) is 9.96. The molecular weight excluding hydrogens is 306 g/mol. The topological polar surface area (TPSA) is 82.5 Å². The molecule has 1 saturated carbocycles. The zero-order valence-corrected chi connectivity index (χ0v) is 14.3. The smallest absolute Gasteiger partial charge is 0.326 e. The first-order valence-corrected chi connectivity index (χ1v) is 8.80. The standard InChI is InChI=1S/C18H27N3O3/c1-2-6-16(17(22)23)20-18(24)21(15-7-4-3-5-8-15)13-14-9-11-19-12-10-14/h9-12,15-16H,2-8,13H2,1H3,(H,20,24)(H,22,23)/t16-/m1/s1. The third kappa shape index (κ3) is 5.22. The molecule has 24 heavy (non-hydrogen) atoms. The van der Waals surface area contributed by atoms with Gasteiger partial charge in [-0.2, -0.15) is 0 Å². The summed E-state index contributed by atoms with van der Waals surface area (Å²) in [5, 5.41) is 12.0. The van der Waals surface area contributed by atoms with Crippen molar-refractivity contribution in [2.24, 2.45) is 0 Å². The average Bonchev–Trinajstić information content (AvgIpc) is 2.60. The van der Waals surface area contributed by atoms with Crippen LogP contribution in [0, 0.1) is 0 Å². The first kappa shape index (κ1) is 18.2. The van der Waals surface area contributed by atoms with E-state index in [1.165, 1.54) is 6.42 Å². The Morgan fingerprint density at radius 3 is 2.54 bits per heavy atom. The molecule has 1 fully saturated rings. The third-order valence-corrected chi connectivity index (χ3v) is 4.55. The quantitative estimate of drug-likeness (QED) is 0.803. The van der Waals surface area contributed by atoms with Crippen LogP contribution in [0.15, 0.2) is 24.5 Å². The molecule has 1 heterocycles. The lowest BCUT2D eigenvalue weighted by Gasteiger charge is -2.35. The van der Waals surface area contributed by atoms with Gasteiger partial charge < -0.3 is 15.3 Å². The fourth-order valence-corrected chi connectivity index (χ4v) is 3.22. The molecule has 0 bridgehead atoms. The predicted molar refractivity (Wildman–Crippen MR) is 91.5 cm³/mol. The summed E-state index contributed by atoms with van der Waals surface area (Å²) in [6, 6.07) is 2.85. The molecule has 1 aliphatic rings. The van der Waals surface area contributed by atoms with Crippen LogP contribution in [0.25, 0.3) is 0 Å². The van der Waals surface area contributed by atoms with Crippen molar-refractivity contribution in [3.63, 3.8) is 0 Å².